The van der Waals surface area contributed by atoms with Crippen molar-refractivity contribution >= 4 is 35.8 Å². The van der Waals surface area contributed by atoms with Gasteiger partial charge in [0.05, 0.1) is 7.11 Å². The van der Waals surface area contributed by atoms with E-state index in [9.17, 15) is 28.8 Å². The first-order valence-corrected chi connectivity index (χ1v) is 17.7. The van der Waals surface area contributed by atoms with Crippen LogP contribution in [0.3, 0.4) is 0 Å². The van der Waals surface area contributed by atoms with Gasteiger partial charge in [-0.3, -0.25) is 28.8 Å². The summed E-state index contributed by atoms with van der Waals surface area (Å²) in [7, 11) is 1.33. The first-order valence-electron chi connectivity index (χ1n) is 17.7. The van der Waals surface area contributed by atoms with E-state index in [0.29, 0.717) is 64.2 Å². The minimum atomic E-state index is -0.899. The number of carbonyl (C=O) groups is 6. The van der Waals surface area contributed by atoms with Gasteiger partial charge in [-0.25, -0.2) is 0 Å². The molecule has 0 rings (SSSR count). The predicted octanol–water partition coefficient (Wildman–Crippen LogP) is 5.99. The maximum absolute atomic E-state index is 11.4. The van der Waals surface area contributed by atoms with Gasteiger partial charge >= 0.3 is 35.8 Å². The standard InChI is InChI=1S/C16H28O7.C15H26O7.2C2H6/c1-4-7-15(18)22-11-13(12-23-16(19)8-5-2)21-10-6-9-14(17)20-3;1-3-6-14(18)21-10-12(11-22-15(19)7-4-2)20-9-5-8-13(16)17;2*1-2/h13H,4-12H2,1-3H3;12H,3-11H2,1-2H3,(H,16,17);2*1-2H3. The Morgan fingerprint density at radius 2 is 0.755 bits per heavy atom. The van der Waals surface area contributed by atoms with Crippen LogP contribution in [0.2, 0.25) is 0 Å². The largest absolute Gasteiger partial charge is 0.481 e. The molecule has 0 fully saturated rings. The Hall–Kier alpha value is -3.26. The summed E-state index contributed by atoms with van der Waals surface area (Å²) in [6, 6.07) is 0. The molecular weight excluding hydrogens is 644 g/mol. The number of esters is 5. The average Bonchev–Trinajstić information content (AvgIpc) is 3.09. The fourth-order valence-corrected chi connectivity index (χ4v) is 3.18. The second kappa shape index (κ2) is 40.9. The maximum Gasteiger partial charge on any atom is 0.305 e. The van der Waals surface area contributed by atoms with Gasteiger partial charge in [0, 0.05) is 51.7 Å². The van der Waals surface area contributed by atoms with Crippen LogP contribution in [0.1, 0.15) is 132 Å². The van der Waals surface area contributed by atoms with Crippen molar-refractivity contribution in [3.05, 3.63) is 0 Å². The Kier molecular flexibility index (Phi) is 43.9. The smallest absolute Gasteiger partial charge is 0.305 e. The van der Waals surface area contributed by atoms with Crippen LogP contribution in [-0.4, -0.2) is 99.9 Å². The van der Waals surface area contributed by atoms with E-state index in [1.807, 2.05) is 55.4 Å². The first-order chi connectivity index (χ1) is 23.5. The number of carboxylic acids is 1. The lowest BCUT2D eigenvalue weighted by Crippen LogP contribution is -2.29. The van der Waals surface area contributed by atoms with Gasteiger partial charge in [0.15, 0.2) is 0 Å². The van der Waals surface area contributed by atoms with Gasteiger partial charge in [0.2, 0.25) is 0 Å². The molecule has 0 aliphatic heterocycles. The molecule has 0 aliphatic rings. The topological polar surface area (TPSA) is 187 Å². The lowest BCUT2D eigenvalue weighted by Gasteiger charge is -2.18. The number of carbonyl (C=O) groups excluding carboxylic acids is 5. The summed E-state index contributed by atoms with van der Waals surface area (Å²) in [6.07, 6.45) is 4.06. The number of hydrogen-bond acceptors (Lipinski definition) is 13. The SMILES string of the molecule is CC.CC.CCCC(=O)OCC(COC(=O)CCC)OCCCC(=O)O.CCCC(=O)OCC(COC(=O)CCC)OCCCC(=O)OC. The zero-order chi connectivity index (χ0) is 38.3. The van der Waals surface area contributed by atoms with Crippen molar-refractivity contribution in [2.24, 2.45) is 0 Å². The quantitative estimate of drug-likeness (QED) is 0.0627. The molecule has 49 heavy (non-hydrogen) atoms. The van der Waals surface area contributed by atoms with Gasteiger partial charge in [-0.1, -0.05) is 55.4 Å². The summed E-state index contributed by atoms with van der Waals surface area (Å²) in [5.41, 5.74) is 0. The van der Waals surface area contributed by atoms with Gasteiger partial charge in [-0.15, -0.1) is 0 Å². The molecule has 14 heteroatoms. The Bertz CT molecular complexity index is 787. The summed E-state index contributed by atoms with van der Waals surface area (Å²) >= 11 is 0. The highest BCUT2D eigenvalue weighted by atomic mass is 16.6. The number of hydrogen-bond donors (Lipinski definition) is 1. The Morgan fingerprint density at radius 1 is 0.469 bits per heavy atom. The number of carboxylic acid groups (broad SMARTS) is 1. The molecule has 0 aromatic heterocycles. The van der Waals surface area contributed by atoms with E-state index in [1.54, 1.807) is 0 Å². The molecule has 14 nitrogen and oxygen atoms in total. The summed E-state index contributed by atoms with van der Waals surface area (Å²) in [4.78, 5) is 66.9. The van der Waals surface area contributed by atoms with Crippen LogP contribution in [0.4, 0.5) is 0 Å². The number of methoxy groups -OCH3 is 1. The second-order valence-electron chi connectivity index (χ2n) is 9.89. The van der Waals surface area contributed by atoms with Gasteiger partial charge in [0.1, 0.15) is 38.6 Å². The van der Waals surface area contributed by atoms with E-state index < -0.39 is 18.2 Å². The molecule has 290 valence electrons. The van der Waals surface area contributed by atoms with Gasteiger partial charge in [0.25, 0.3) is 0 Å². The Morgan fingerprint density at radius 3 is 1.00 bits per heavy atom. The zero-order valence-electron chi connectivity index (χ0n) is 31.6. The molecule has 0 heterocycles. The zero-order valence-corrected chi connectivity index (χ0v) is 31.6. The van der Waals surface area contributed by atoms with Crippen LogP contribution in [0, 0.1) is 0 Å². The lowest BCUT2D eigenvalue weighted by atomic mass is 10.3. The summed E-state index contributed by atoms with van der Waals surface area (Å²) in [5.74, 6) is -2.49. The van der Waals surface area contributed by atoms with E-state index in [-0.39, 0.29) is 82.3 Å². The van der Waals surface area contributed by atoms with Crippen LogP contribution < -0.4 is 0 Å². The highest BCUT2D eigenvalue weighted by Gasteiger charge is 2.17. The third kappa shape index (κ3) is 40.8. The molecule has 0 radical (unpaired) electrons. The molecule has 1 N–H and O–H groups in total. The monoisotopic (exact) mass is 710 g/mol. The molecular formula is C35H66O14. The van der Waals surface area contributed by atoms with Crippen LogP contribution >= 0.6 is 0 Å². The molecule has 0 saturated carbocycles. The van der Waals surface area contributed by atoms with Crippen LogP contribution in [-0.2, 0) is 61.9 Å². The molecule has 0 bridgehead atoms. The molecule has 0 spiro atoms. The minimum Gasteiger partial charge on any atom is -0.481 e. The molecule has 0 aromatic carbocycles. The molecule has 0 saturated heterocycles. The molecule has 0 aromatic rings. The summed E-state index contributed by atoms with van der Waals surface area (Å²) < 4.78 is 35.8. The Labute approximate surface area is 294 Å². The van der Waals surface area contributed by atoms with Gasteiger partial charge in [-0.2, -0.15) is 0 Å². The van der Waals surface area contributed by atoms with Gasteiger partial charge < -0.3 is 38.3 Å². The molecule has 0 atom stereocenters. The van der Waals surface area contributed by atoms with E-state index in [4.69, 9.17) is 33.5 Å². The van der Waals surface area contributed by atoms with Crippen molar-refractivity contribution in [2.45, 2.75) is 145 Å². The van der Waals surface area contributed by atoms with Crippen LogP contribution in [0.25, 0.3) is 0 Å². The molecule has 0 amide bonds. The van der Waals surface area contributed by atoms with Gasteiger partial charge in [-0.05, 0) is 38.5 Å². The van der Waals surface area contributed by atoms with E-state index in [1.165, 1.54) is 7.11 Å². The van der Waals surface area contributed by atoms with E-state index >= 15 is 0 Å². The van der Waals surface area contributed by atoms with Crippen molar-refractivity contribution in [3.8, 4) is 0 Å². The maximum atomic E-state index is 11.4. The third-order valence-electron chi connectivity index (χ3n) is 5.53. The second-order valence-corrected chi connectivity index (χ2v) is 9.89. The van der Waals surface area contributed by atoms with E-state index in [2.05, 4.69) is 4.74 Å². The summed E-state index contributed by atoms with van der Waals surface area (Å²) in [5, 5.41) is 8.55. The fourth-order valence-electron chi connectivity index (χ4n) is 3.18. The minimum absolute atomic E-state index is 0.00202. The molecule has 0 aliphatic carbocycles. The summed E-state index contributed by atoms with van der Waals surface area (Å²) in [6.45, 7) is 16.0. The highest BCUT2D eigenvalue weighted by Crippen LogP contribution is 2.04. The van der Waals surface area contributed by atoms with Crippen molar-refractivity contribution in [3.63, 3.8) is 0 Å². The first kappa shape index (κ1) is 52.6. The highest BCUT2D eigenvalue weighted by molar-refractivity contribution is 5.70. The average molecular weight is 711 g/mol. The molecule has 0 unspecified atom stereocenters. The number of rotatable bonds is 26. The number of ether oxygens (including phenoxy) is 7. The number of aliphatic carboxylic acids is 1. The van der Waals surface area contributed by atoms with E-state index in [0.717, 1.165) is 0 Å². The van der Waals surface area contributed by atoms with Crippen LogP contribution in [0.5, 0.6) is 0 Å². The fraction of sp³-hybridized carbons (Fsp3) is 0.829. The third-order valence-corrected chi connectivity index (χ3v) is 5.53. The normalized spacial score (nSPS) is 9.86. The van der Waals surface area contributed by atoms with Crippen molar-refractivity contribution in [1.82, 2.24) is 0 Å². The predicted molar refractivity (Wildman–Crippen MR) is 184 cm³/mol. The van der Waals surface area contributed by atoms with Crippen LogP contribution in [0.15, 0.2) is 0 Å². The van der Waals surface area contributed by atoms with Crippen molar-refractivity contribution in [1.29, 1.82) is 0 Å². The van der Waals surface area contributed by atoms with Crippen molar-refractivity contribution in [2.75, 3.05) is 46.8 Å². The lowest BCUT2D eigenvalue weighted by molar-refractivity contribution is -0.157. The van der Waals surface area contributed by atoms with Crippen molar-refractivity contribution < 1.29 is 67.0 Å². The Balaban J connectivity index is -0.000000375.